The maximum Gasteiger partial charge on any atom is 0.217 e. The minimum atomic E-state index is -3.21. The van der Waals surface area contributed by atoms with Crippen LogP contribution in [0.1, 0.15) is 36.8 Å². The second kappa shape index (κ2) is 5.72. The quantitative estimate of drug-likeness (QED) is 0.848. The third-order valence-corrected chi connectivity index (χ3v) is 5.93. The summed E-state index contributed by atoms with van der Waals surface area (Å²) < 4.78 is 26.1. The van der Waals surface area contributed by atoms with Crippen LogP contribution in [0.25, 0.3) is 0 Å². The Kier molecular flexibility index (Phi) is 4.23. The molecule has 1 aliphatic rings. The molecule has 0 aromatic heterocycles. The summed E-state index contributed by atoms with van der Waals surface area (Å²) in [6.45, 7) is 0.328. The van der Waals surface area contributed by atoms with Crippen molar-refractivity contribution in [3.8, 4) is 6.07 Å². The molecule has 0 unspecified atom stereocenters. The minimum Gasteiger partial charge on any atom is -0.212 e. The third kappa shape index (κ3) is 3.14. The minimum absolute atomic E-state index is 0.225. The standard InChI is InChI=1S/C14H18N2O2S/c1-16(19(17,18)14-7-2-3-8-14)11-13-6-4-5-12(9-13)10-15/h4-6,9,14H,2-3,7-8,11H2,1H3. The molecule has 102 valence electrons. The average molecular weight is 278 g/mol. The largest absolute Gasteiger partial charge is 0.217 e. The molecule has 0 saturated heterocycles. The molecule has 0 amide bonds. The second-order valence-corrected chi connectivity index (χ2v) is 7.34. The fourth-order valence-corrected chi connectivity index (χ4v) is 4.29. The van der Waals surface area contributed by atoms with Gasteiger partial charge in [-0.2, -0.15) is 5.26 Å². The predicted octanol–water partition coefficient (Wildman–Crippen LogP) is 2.26. The van der Waals surface area contributed by atoms with Gasteiger partial charge in [-0.05, 0) is 30.5 Å². The van der Waals surface area contributed by atoms with Crippen molar-refractivity contribution >= 4 is 10.0 Å². The van der Waals surface area contributed by atoms with Gasteiger partial charge >= 0.3 is 0 Å². The van der Waals surface area contributed by atoms with E-state index in [2.05, 4.69) is 6.07 Å². The van der Waals surface area contributed by atoms with Crippen LogP contribution in [0.2, 0.25) is 0 Å². The topological polar surface area (TPSA) is 61.2 Å². The van der Waals surface area contributed by atoms with E-state index in [9.17, 15) is 8.42 Å². The van der Waals surface area contributed by atoms with Gasteiger partial charge in [-0.25, -0.2) is 12.7 Å². The Hall–Kier alpha value is -1.38. The van der Waals surface area contributed by atoms with Gasteiger partial charge in [0, 0.05) is 13.6 Å². The first-order chi connectivity index (χ1) is 9.04. The number of hydrogen-bond donors (Lipinski definition) is 0. The molecular formula is C14H18N2O2S. The third-order valence-electron chi connectivity index (χ3n) is 3.62. The number of nitriles is 1. The molecular weight excluding hydrogens is 260 g/mol. The zero-order chi connectivity index (χ0) is 13.9. The Morgan fingerprint density at radius 3 is 2.68 bits per heavy atom. The predicted molar refractivity (Wildman–Crippen MR) is 73.8 cm³/mol. The van der Waals surface area contributed by atoms with Crippen molar-refractivity contribution < 1.29 is 8.42 Å². The summed E-state index contributed by atoms with van der Waals surface area (Å²) in [5, 5.41) is 8.62. The Labute approximate surface area is 114 Å². The van der Waals surface area contributed by atoms with E-state index in [0.717, 1.165) is 31.2 Å². The first-order valence-corrected chi connectivity index (χ1v) is 7.98. The van der Waals surface area contributed by atoms with E-state index in [-0.39, 0.29) is 5.25 Å². The molecule has 0 atom stereocenters. The Morgan fingerprint density at radius 1 is 1.37 bits per heavy atom. The van der Waals surface area contributed by atoms with Crippen molar-refractivity contribution in [3.05, 3.63) is 35.4 Å². The maximum absolute atomic E-state index is 12.4. The van der Waals surface area contributed by atoms with E-state index >= 15 is 0 Å². The number of nitrogens with zero attached hydrogens (tertiary/aromatic N) is 2. The molecule has 1 aliphatic carbocycles. The Bertz CT molecular complexity index is 584. The molecule has 0 bridgehead atoms. The van der Waals surface area contributed by atoms with Crippen LogP contribution in [0.4, 0.5) is 0 Å². The fraction of sp³-hybridized carbons (Fsp3) is 0.500. The molecule has 1 saturated carbocycles. The van der Waals surface area contributed by atoms with E-state index in [1.807, 2.05) is 6.07 Å². The molecule has 0 radical (unpaired) electrons. The van der Waals surface area contributed by atoms with Crippen LogP contribution in [0.15, 0.2) is 24.3 Å². The lowest BCUT2D eigenvalue weighted by atomic mass is 10.1. The number of benzene rings is 1. The first kappa shape index (κ1) is 14.0. The Balaban J connectivity index is 2.12. The number of rotatable bonds is 4. The van der Waals surface area contributed by atoms with Crippen LogP contribution >= 0.6 is 0 Å². The van der Waals surface area contributed by atoms with Gasteiger partial charge < -0.3 is 0 Å². The highest BCUT2D eigenvalue weighted by atomic mass is 32.2. The highest BCUT2D eigenvalue weighted by molar-refractivity contribution is 7.89. The highest BCUT2D eigenvalue weighted by Crippen LogP contribution is 2.27. The second-order valence-electron chi connectivity index (χ2n) is 5.02. The molecule has 4 nitrogen and oxygen atoms in total. The zero-order valence-corrected chi connectivity index (χ0v) is 11.9. The van der Waals surface area contributed by atoms with E-state index in [0.29, 0.717) is 12.1 Å². The lowest BCUT2D eigenvalue weighted by Gasteiger charge is -2.21. The molecule has 1 aromatic rings. The lowest BCUT2D eigenvalue weighted by molar-refractivity contribution is 0.455. The molecule has 19 heavy (non-hydrogen) atoms. The summed E-state index contributed by atoms with van der Waals surface area (Å²) in [5.74, 6) is 0. The van der Waals surface area contributed by atoms with E-state index < -0.39 is 10.0 Å². The smallest absolute Gasteiger partial charge is 0.212 e. The first-order valence-electron chi connectivity index (χ1n) is 6.48. The van der Waals surface area contributed by atoms with Crippen LogP contribution in [0.3, 0.4) is 0 Å². The van der Waals surface area contributed by atoms with Crippen LogP contribution in [-0.4, -0.2) is 25.0 Å². The molecule has 2 rings (SSSR count). The van der Waals surface area contributed by atoms with E-state index in [1.54, 1.807) is 25.2 Å². The molecule has 0 spiro atoms. The summed E-state index contributed by atoms with van der Waals surface area (Å²) in [6.07, 6.45) is 3.54. The number of hydrogen-bond acceptors (Lipinski definition) is 3. The van der Waals surface area contributed by atoms with E-state index in [4.69, 9.17) is 5.26 Å². The lowest BCUT2D eigenvalue weighted by Crippen LogP contribution is -2.34. The van der Waals surface area contributed by atoms with Crippen molar-refractivity contribution in [1.29, 1.82) is 5.26 Å². The highest BCUT2D eigenvalue weighted by Gasteiger charge is 2.31. The van der Waals surface area contributed by atoms with Crippen molar-refractivity contribution in [2.24, 2.45) is 0 Å². The van der Waals surface area contributed by atoms with Crippen molar-refractivity contribution in [2.75, 3.05) is 7.05 Å². The van der Waals surface area contributed by atoms with Gasteiger partial charge in [0.05, 0.1) is 16.9 Å². The summed E-state index contributed by atoms with van der Waals surface area (Å²) >= 11 is 0. The van der Waals surface area contributed by atoms with Crippen LogP contribution in [-0.2, 0) is 16.6 Å². The van der Waals surface area contributed by atoms with Crippen molar-refractivity contribution in [1.82, 2.24) is 4.31 Å². The molecule has 0 aliphatic heterocycles. The Morgan fingerprint density at radius 2 is 2.05 bits per heavy atom. The van der Waals surface area contributed by atoms with Gasteiger partial charge in [0.25, 0.3) is 0 Å². The fourth-order valence-electron chi connectivity index (χ4n) is 2.53. The maximum atomic E-state index is 12.4. The van der Waals surface area contributed by atoms with Gasteiger partial charge in [-0.1, -0.05) is 25.0 Å². The average Bonchev–Trinajstić information content (AvgIpc) is 2.93. The van der Waals surface area contributed by atoms with Gasteiger partial charge in [0.1, 0.15) is 0 Å². The van der Waals surface area contributed by atoms with Crippen molar-refractivity contribution in [3.63, 3.8) is 0 Å². The van der Waals surface area contributed by atoms with Gasteiger partial charge in [0.15, 0.2) is 0 Å². The summed E-state index contributed by atoms with van der Waals surface area (Å²) in [5.41, 5.74) is 1.41. The zero-order valence-electron chi connectivity index (χ0n) is 11.0. The monoisotopic (exact) mass is 278 g/mol. The van der Waals surface area contributed by atoms with Gasteiger partial charge in [-0.15, -0.1) is 0 Å². The molecule has 1 fully saturated rings. The van der Waals surface area contributed by atoms with Crippen molar-refractivity contribution in [2.45, 2.75) is 37.5 Å². The van der Waals surface area contributed by atoms with Gasteiger partial charge in [0.2, 0.25) is 10.0 Å². The molecule has 0 heterocycles. The SMILES string of the molecule is CN(Cc1cccc(C#N)c1)S(=O)(=O)C1CCCC1. The molecule has 5 heteroatoms. The van der Waals surface area contributed by atoms with E-state index in [1.165, 1.54) is 4.31 Å². The van der Waals surface area contributed by atoms with Crippen LogP contribution < -0.4 is 0 Å². The normalized spacial score (nSPS) is 16.7. The number of sulfonamides is 1. The van der Waals surface area contributed by atoms with Crippen LogP contribution in [0, 0.1) is 11.3 Å². The molecule has 0 N–H and O–H groups in total. The summed E-state index contributed by atoms with van der Waals surface area (Å²) in [7, 11) is -1.59. The summed E-state index contributed by atoms with van der Waals surface area (Å²) in [4.78, 5) is 0. The molecule has 1 aromatic carbocycles. The van der Waals surface area contributed by atoms with Gasteiger partial charge in [-0.3, -0.25) is 0 Å². The van der Waals surface area contributed by atoms with Crippen LogP contribution in [0.5, 0.6) is 0 Å². The summed E-state index contributed by atoms with van der Waals surface area (Å²) in [6, 6.07) is 9.15.